The topological polar surface area (TPSA) is 47.6 Å². The highest BCUT2D eigenvalue weighted by atomic mass is 16.5. The lowest BCUT2D eigenvalue weighted by atomic mass is 10.0. The molecule has 0 aliphatic rings. The van der Waals surface area contributed by atoms with Crippen LogP contribution >= 0.6 is 0 Å². The first kappa shape index (κ1) is 21.4. The van der Waals surface area contributed by atoms with Crippen LogP contribution in [0, 0.1) is 0 Å². The van der Waals surface area contributed by atoms with Crippen molar-refractivity contribution in [2.45, 2.75) is 46.3 Å². The van der Waals surface area contributed by atoms with Gasteiger partial charge < -0.3 is 14.8 Å². The molecule has 3 rings (SSSR count). The van der Waals surface area contributed by atoms with E-state index in [0.29, 0.717) is 0 Å². The summed E-state index contributed by atoms with van der Waals surface area (Å²) in [5.74, 6) is 2.33. The van der Waals surface area contributed by atoms with E-state index >= 15 is 0 Å². The summed E-state index contributed by atoms with van der Waals surface area (Å²) in [5.41, 5.74) is 3.07. The van der Waals surface area contributed by atoms with Gasteiger partial charge in [-0.25, -0.2) is 0 Å². The molecule has 0 spiro atoms. The highest BCUT2D eigenvalue weighted by molar-refractivity contribution is 5.73. The van der Waals surface area contributed by atoms with E-state index in [-0.39, 0.29) is 17.6 Å². The number of benzene rings is 3. The van der Waals surface area contributed by atoms with E-state index in [1.807, 2.05) is 88.4 Å². The molecule has 0 saturated carbocycles. The molecule has 1 atom stereocenters. The number of hydrogen-bond donors (Lipinski definition) is 1. The van der Waals surface area contributed by atoms with Gasteiger partial charge in [0.05, 0.1) is 6.04 Å². The first-order chi connectivity index (χ1) is 14.2. The summed E-state index contributed by atoms with van der Waals surface area (Å²) >= 11 is 0. The number of ether oxygens (including phenoxy) is 2. The second-order valence-electron chi connectivity index (χ2n) is 8.36. The molecule has 4 nitrogen and oxygen atoms in total. The minimum absolute atomic E-state index is 0.00693. The van der Waals surface area contributed by atoms with Crippen LogP contribution < -0.4 is 14.8 Å². The maximum absolute atomic E-state index is 11.2. The van der Waals surface area contributed by atoms with Crippen LogP contribution in [0.4, 0.5) is 0 Å². The van der Waals surface area contributed by atoms with Gasteiger partial charge in [-0.2, -0.15) is 0 Å². The minimum Gasteiger partial charge on any atom is -0.488 e. The molecule has 0 radical (unpaired) electrons. The van der Waals surface area contributed by atoms with Crippen LogP contribution in [-0.2, 0) is 4.79 Å². The summed E-state index contributed by atoms with van der Waals surface area (Å²) in [6, 6.07) is 23.9. The molecule has 3 aromatic carbocycles. The van der Waals surface area contributed by atoms with Crippen molar-refractivity contribution in [2.24, 2.45) is 0 Å². The van der Waals surface area contributed by atoms with Crippen molar-refractivity contribution in [3.63, 3.8) is 0 Å². The highest BCUT2D eigenvalue weighted by Crippen LogP contribution is 2.28. The van der Waals surface area contributed by atoms with Gasteiger partial charge in [0.25, 0.3) is 0 Å². The average molecular weight is 404 g/mol. The van der Waals surface area contributed by atoms with Crippen molar-refractivity contribution in [2.75, 3.05) is 0 Å². The summed E-state index contributed by atoms with van der Waals surface area (Å²) in [6.45, 7) is 9.58. The van der Waals surface area contributed by atoms with Gasteiger partial charge in [-0.1, -0.05) is 36.4 Å². The maximum Gasteiger partial charge on any atom is 0.217 e. The van der Waals surface area contributed by atoms with Gasteiger partial charge in [-0.05, 0) is 80.8 Å². The Morgan fingerprint density at radius 2 is 1.20 bits per heavy atom. The van der Waals surface area contributed by atoms with Gasteiger partial charge in [0.1, 0.15) is 22.8 Å². The van der Waals surface area contributed by atoms with E-state index < -0.39 is 0 Å². The number of carbonyl (C=O) groups is 1. The number of nitrogens with one attached hydrogen (secondary N) is 1. The number of carbonyl (C=O) groups excluding carboxylic acids is 1. The van der Waals surface area contributed by atoms with Crippen LogP contribution in [0.25, 0.3) is 11.1 Å². The largest absolute Gasteiger partial charge is 0.488 e. The fourth-order valence-electron chi connectivity index (χ4n) is 3.13. The second kappa shape index (κ2) is 9.04. The van der Waals surface area contributed by atoms with E-state index in [0.717, 1.165) is 33.9 Å². The molecule has 3 aromatic rings. The molecule has 156 valence electrons. The molecule has 0 aliphatic heterocycles. The monoisotopic (exact) mass is 403 g/mol. The van der Waals surface area contributed by atoms with Gasteiger partial charge in [0.2, 0.25) is 5.91 Å². The Kier molecular flexibility index (Phi) is 6.46. The highest BCUT2D eigenvalue weighted by Gasteiger charge is 2.11. The van der Waals surface area contributed by atoms with Gasteiger partial charge >= 0.3 is 0 Å². The molecule has 1 N–H and O–H groups in total. The molecule has 0 saturated heterocycles. The Morgan fingerprint density at radius 1 is 0.767 bits per heavy atom. The summed E-state index contributed by atoms with van der Waals surface area (Å²) < 4.78 is 11.8. The van der Waals surface area contributed by atoms with E-state index in [9.17, 15) is 4.79 Å². The quantitative estimate of drug-likeness (QED) is 0.510. The fourth-order valence-corrected chi connectivity index (χ4v) is 3.13. The summed E-state index contributed by atoms with van der Waals surface area (Å²) in [4.78, 5) is 11.2. The van der Waals surface area contributed by atoms with Crippen LogP contribution in [0.15, 0.2) is 72.8 Å². The van der Waals surface area contributed by atoms with Crippen molar-refractivity contribution in [3.05, 3.63) is 78.4 Å². The molecule has 0 fully saturated rings. The lowest BCUT2D eigenvalue weighted by Crippen LogP contribution is -2.23. The van der Waals surface area contributed by atoms with Crippen molar-refractivity contribution >= 4 is 5.91 Å². The van der Waals surface area contributed by atoms with E-state index in [1.165, 1.54) is 6.92 Å². The van der Waals surface area contributed by atoms with Crippen molar-refractivity contribution in [3.8, 4) is 28.4 Å². The summed E-state index contributed by atoms with van der Waals surface area (Å²) in [5, 5.41) is 2.90. The Balaban J connectivity index is 1.64. The smallest absolute Gasteiger partial charge is 0.217 e. The summed E-state index contributed by atoms with van der Waals surface area (Å²) in [6.07, 6.45) is 0. The first-order valence-corrected chi connectivity index (χ1v) is 10.1. The predicted molar refractivity (Wildman–Crippen MR) is 121 cm³/mol. The Hall–Kier alpha value is -3.27. The third-order valence-electron chi connectivity index (χ3n) is 4.50. The average Bonchev–Trinajstić information content (AvgIpc) is 2.69. The zero-order valence-corrected chi connectivity index (χ0v) is 18.2. The molecule has 0 bridgehead atoms. The number of amides is 1. The Bertz CT molecular complexity index is 969. The molecule has 30 heavy (non-hydrogen) atoms. The Morgan fingerprint density at radius 3 is 1.67 bits per heavy atom. The molecule has 4 heteroatoms. The standard InChI is InChI=1S/C26H29NO3/c1-18(27-19(2)28)20-6-8-21(9-7-20)22-10-12-23(13-11-22)29-24-14-16-25(17-15-24)30-26(3,4)5/h6-18H,1-5H3,(H,27,28). The van der Waals surface area contributed by atoms with Gasteiger partial charge in [-0.15, -0.1) is 0 Å². The molecular weight excluding hydrogens is 374 g/mol. The fraction of sp³-hybridized carbons (Fsp3) is 0.269. The van der Waals surface area contributed by atoms with Gasteiger partial charge in [-0.3, -0.25) is 4.79 Å². The van der Waals surface area contributed by atoms with Crippen LogP contribution in [0.5, 0.6) is 17.2 Å². The van der Waals surface area contributed by atoms with Crippen LogP contribution in [0.3, 0.4) is 0 Å². The van der Waals surface area contributed by atoms with E-state index in [4.69, 9.17) is 9.47 Å². The normalized spacial score (nSPS) is 12.2. The number of rotatable bonds is 6. The molecule has 1 unspecified atom stereocenters. The third-order valence-corrected chi connectivity index (χ3v) is 4.50. The van der Waals surface area contributed by atoms with Crippen LogP contribution in [0.1, 0.15) is 46.2 Å². The lowest BCUT2D eigenvalue weighted by Gasteiger charge is -2.21. The minimum atomic E-state index is -0.224. The third kappa shape index (κ3) is 6.11. The van der Waals surface area contributed by atoms with Crippen molar-refractivity contribution < 1.29 is 14.3 Å². The van der Waals surface area contributed by atoms with Gasteiger partial charge in [0, 0.05) is 6.92 Å². The van der Waals surface area contributed by atoms with Crippen LogP contribution in [0.2, 0.25) is 0 Å². The van der Waals surface area contributed by atoms with Crippen molar-refractivity contribution in [1.29, 1.82) is 0 Å². The predicted octanol–water partition coefficient (Wildman–Crippen LogP) is 6.52. The SMILES string of the molecule is CC(=O)NC(C)c1ccc(-c2ccc(Oc3ccc(OC(C)(C)C)cc3)cc2)cc1. The number of hydrogen-bond acceptors (Lipinski definition) is 3. The van der Waals surface area contributed by atoms with Crippen molar-refractivity contribution in [1.82, 2.24) is 5.32 Å². The lowest BCUT2D eigenvalue weighted by molar-refractivity contribution is -0.119. The Labute approximate surface area is 178 Å². The zero-order valence-electron chi connectivity index (χ0n) is 18.2. The molecule has 0 aliphatic carbocycles. The maximum atomic E-state index is 11.2. The molecule has 0 aromatic heterocycles. The second-order valence-corrected chi connectivity index (χ2v) is 8.36. The molecular formula is C26H29NO3. The first-order valence-electron chi connectivity index (χ1n) is 10.1. The molecule has 1 amide bonds. The van der Waals surface area contributed by atoms with E-state index in [2.05, 4.69) is 17.4 Å². The van der Waals surface area contributed by atoms with Gasteiger partial charge in [0.15, 0.2) is 0 Å². The van der Waals surface area contributed by atoms with E-state index in [1.54, 1.807) is 0 Å². The van der Waals surface area contributed by atoms with Crippen LogP contribution in [-0.4, -0.2) is 11.5 Å². The summed E-state index contributed by atoms with van der Waals surface area (Å²) in [7, 11) is 0. The molecule has 0 heterocycles. The zero-order chi connectivity index (χ0) is 21.7.